The van der Waals surface area contributed by atoms with Crippen molar-refractivity contribution >= 4 is 23.2 Å². The summed E-state index contributed by atoms with van der Waals surface area (Å²) in [6.07, 6.45) is 5.45. The van der Waals surface area contributed by atoms with Gasteiger partial charge in [0.05, 0.1) is 18.0 Å². The third-order valence-corrected chi connectivity index (χ3v) is 3.79. The first kappa shape index (κ1) is 16.5. The van der Waals surface area contributed by atoms with Crippen molar-refractivity contribution in [3.63, 3.8) is 0 Å². The molecule has 0 aliphatic rings. The van der Waals surface area contributed by atoms with E-state index in [4.69, 9.17) is 11.1 Å². The first-order valence-electron chi connectivity index (χ1n) is 8.08. The zero-order valence-corrected chi connectivity index (χ0v) is 13.8. The second kappa shape index (κ2) is 7.93. The largest absolute Gasteiger partial charge is 0.398 e. The third-order valence-electron chi connectivity index (χ3n) is 3.79. The number of nitrogens with two attached hydrogens (primary N) is 1. The molecule has 2 aromatic carbocycles. The van der Waals surface area contributed by atoms with E-state index < -0.39 is 0 Å². The number of aromatic nitrogens is 1. The van der Waals surface area contributed by atoms with E-state index in [9.17, 15) is 0 Å². The molecule has 1 aromatic heterocycles. The van der Waals surface area contributed by atoms with Crippen LogP contribution in [0.5, 0.6) is 0 Å². The van der Waals surface area contributed by atoms with Crippen LogP contribution in [0.15, 0.2) is 79.0 Å². The third kappa shape index (κ3) is 4.54. The van der Waals surface area contributed by atoms with Gasteiger partial charge in [0.15, 0.2) is 0 Å². The van der Waals surface area contributed by atoms with Gasteiger partial charge in [0.1, 0.15) is 0 Å². The van der Waals surface area contributed by atoms with Crippen LogP contribution in [0, 0.1) is 5.41 Å². The maximum absolute atomic E-state index is 8.31. The Morgan fingerprint density at radius 3 is 2.60 bits per heavy atom. The summed E-state index contributed by atoms with van der Waals surface area (Å²) in [4.78, 5) is 4.29. The molecule has 0 unspecified atom stereocenters. The van der Waals surface area contributed by atoms with Crippen molar-refractivity contribution in [2.75, 3.05) is 11.1 Å². The molecule has 0 atom stereocenters. The molecule has 0 saturated heterocycles. The standard InChI is InChI=1S/C21H20N4/c22-20(11-9-16-6-2-1-3-7-16)19-14-17(10-12-21(19)23)25-15-18-8-4-5-13-24-18/h1-14,22,25H,15,23H2/b11-9+,22-20?. The Kier molecular flexibility index (Phi) is 5.22. The lowest BCUT2D eigenvalue weighted by Crippen LogP contribution is -2.05. The molecule has 1 heterocycles. The van der Waals surface area contributed by atoms with Gasteiger partial charge in [0.25, 0.3) is 0 Å². The zero-order chi connectivity index (χ0) is 17.5. The van der Waals surface area contributed by atoms with Crippen molar-refractivity contribution in [1.29, 1.82) is 5.41 Å². The molecule has 0 amide bonds. The summed E-state index contributed by atoms with van der Waals surface area (Å²) in [6, 6.07) is 21.4. The van der Waals surface area contributed by atoms with Crippen molar-refractivity contribution in [3.8, 4) is 0 Å². The van der Waals surface area contributed by atoms with Crippen LogP contribution in [0.25, 0.3) is 6.08 Å². The van der Waals surface area contributed by atoms with E-state index in [-0.39, 0.29) is 0 Å². The minimum Gasteiger partial charge on any atom is -0.398 e. The van der Waals surface area contributed by atoms with Crippen molar-refractivity contribution in [3.05, 3.63) is 95.8 Å². The normalized spacial score (nSPS) is 10.7. The minimum atomic E-state index is 0.378. The quantitative estimate of drug-likeness (QED) is 0.465. The fraction of sp³-hybridized carbons (Fsp3) is 0.0476. The molecule has 25 heavy (non-hydrogen) atoms. The maximum Gasteiger partial charge on any atom is 0.0633 e. The lowest BCUT2D eigenvalue weighted by molar-refractivity contribution is 1.05. The van der Waals surface area contributed by atoms with Crippen LogP contribution in [0.1, 0.15) is 16.8 Å². The van der Waals surface area contributed by atoms with Gasteiger partial charge in [0.2, 0.25) is 0 Å². The highest BCUT2D eigenvalue weighted by Crippen LogP contribution is 2.20. The van der Waals surface area contributed by atoms with Crippen molar-refractivity contribution in [2.24, 2.45) is 0 Å². The summed E-state index contributed by atoms with van der Waals surface area (Å²) in [5.41, 5.74) is 10.6. The number of nitrogen functional groups attached to an aromatic ring is 1. The van der Waals surface area contributed by atoms with Gasteiger partial charge in [-0.1, -0.05) is 42.5 Å². The minimum absolute atomic E-state index is 0.378. The van der Waals surface area contributed by atoms with Gasteiger partial charge in [-0.05, 0) is 42.0 Å². The van der Waals surface area contributed by atoms with E-state index in [1.165, 1.54) is 0 Å². The molecular weight excluding hydrogens is 308 g/mol. The van der Waals surface area contributed by atoms with Gasteiger partial charge in [-0.25, -0.2) is 0 Å². The van der Waals surface area contributed by atoms with Gasteiger partial charge in [-0.15, -0.1) is 0 Å². The van der Waals surface area contributed by atoms with Gasteiger partial charge in [0, 0.05) is 23.1 Å². The molecule has 0 fully saturated rings. The first-order valence-corrected chi connectivity index (χ1v) is 8.08. The number of hydrogen-bond acceptors (Lipinski definition) is 4. The molecule has 124 valence electrons. The topological polar surface area (TPSA) is 74.8 Å². The monoisotopic (exact) mass is 328 g/mol. The Bertz CT molecular complexity index is 871. The number of rotatable bonds is 6. The number of nitrogens with one attached hydrogen (secondary N) is 2. The van der Waals surface area contributed by atoms with Crippen LogP contribution < -0.4 is 11.1 Å². The smallest absolute Gasteiger partial charge is 0.0633 e. The summed E-state index contributed by atoms with van der Waals surface area (Å²) in [7, 11) is 0. The Balaban J connectivity index is 1.72. The highest BCUT2D eigenvalue weighted by Gasteiger charge is 2.05. The van der Waals surface area contributed by atoms with Crippen LogP contribution in [0.4, 0.5) is 11.4 Å². The second-order valence-corrected chi connectivity index (χ2v) is 5.63. The van der Waals surface area contributed by atoms with Gasteiger partial charge in [-0.3, -0.25) is 4.98 Å². The molecule has 0 bridgehead atoms. The summed E-state index contributed by atoms with van der Waals surface area (Å²) < 4.78 is 0. The van der Waals surface area contributed by atoms with Crippen LogP contribution in [0.2, 0.25) is 0 Å². The molecule has 3 aromatic rings. The molecule has 0 saturated carbocycles. The molecule has 4 nitrogen and oxygen atoms in total. The van der Waals surface area contributed by atoms with E-state index in [0.717, 1.165) is 16.9 Å². The fourth-order valence-corrected chi connectivity index (χ4v) is 2.43. The Morgan fingerprint density at radius 1 is 1.04 bits per heavy atom. The van der Waals surface area contributed by atoms with E-state index in [2.05, 4.69) is 10.3 Å². The number of pyridine rings is 1. The molecule has 0 aliphatic heterocycles. The number of benzene rings is 2. The fourth-order valence-electron chi connectivity index (χ4n) is 2.43. The van der Waals surface area contributed by atoms with Gasteiger partial charge in [-0.2, -0.15) is 0 Å². The van der Waals surface area contributed by atoms with Crippen LogP contribution in [0.3, 0.4) is 0 Å². The number of hydrogen-bond donors (Lipinski definition) is 3. The van der Waals surface area contributed by atoms with Crippen molar-refractivity contribution in [2.45, 2.75) is 6.54 Å². The summed E-state index contributed by atoms with van der Waals surface area (Å²) in [6.45, 7) is 0.622. The van der Waals surface area contributed by atoms with Crippen molar-refractivity contribution < 1.29 is 0 Å². The van der Waals surface area contributed by atoms with E-state index in [1.54, 1.807) is 12.3 Å². The van der Waals surface area contributed by atoms with Gasteiger partial charge >= 0.3 is 0 Å². The Hall–Kier alpha value is -3.40. The molecular formula is C21H20N4. The zero-order valence-electron chi connectivity index (χ0n) is 13.8. The molecule has 4 heteroatoms. The number of nitrogens with zero attached hydrogens (tertiary/aromatic N) is 1. The average Bonchev–Trinajstić information content (AvgIpc) is 2.67. The summed E-state index contributed by atoms with van der Waals surface area (Å²) in [5.74, 6) is 0. The number of allylic oxidation sites excluding steroid dienone is 1. The number of anilines is 2. The predicted molar refractivity (Wildman–Crippen MR) is 105 cm³/mol. The molecule has 0 aliphatic carbocycles. The summed E-state index contributed by atoms with van der Waals surface area (Å²) >= 11 is 0. The first-order chi connectivity index (χ1) is 12.2. The molecule has 0 spiro atoms. The average molecular weight is 328 g/mol. The predicted octanol–water partition coefficient (Wildman–Crippen LogP) is 4.36. The van der Waals surface area contributed by atoms with Gasteiger partial charge < -0.3 is 16.5 Å². The highest BCUT2D eigenvalue weighted by molar-refractivity contribution is 6.12. The van der Waals surface area contributed by atoms with Crippen molar-refractivity contribution in [1.82, 2.24) is 4.98 Å². The van der Waals surface area contributed by atoms with Crippen LogP contribution >= 0.6 is 0 Å². The summed E-state index contributed by atoms with van der Waals surface area (Å²) in [5, 5.41) is 11.6. The van der Waals surface area contributed by atoms with E-state index in [1.807, 2.05) is 72.8 Å². The second-order valence-electron chi connectivity index (χ2n) is 5.63. The molecule has 3 rings (SSSR count). The maximum atomic E-state index is 8.31. The Labute approximate surface area is 147 Å². The van der Waals surface area contributed by atoms with E-state index in [0.29, 0.717) is 23.5 Å². The lowest BCUT2D eigenvalue weighted by Gasteiger charge is -2.10. The molecule has 0 radical (unpaired) electrons. The lowest BCUT2D eigenvalue weighted by atomic mass is 10.1. The highest BCUT2D eigenvalue weighted by atomic mass is 14.9. The molecule has 4 N–H and O–H groups in total. The van der Waals surface area contributed by atoms with Crippen LogP contribution in [-0.4, -0.2) is 10.7 Å². The van der Waals surface area contributed by atoms with Crippen LogP contribution in [-0.2, 0) is 6.54 Å². The Morgan fingerprint density at radius 2 is 1.84 bits per heavy atom. The van der Waals surface area contributed by atoms with E-state index >= 15 is 0 Å². The SMILES string of the molecule is N=C(/C=C/c1ccccc1)c1cc(NCc2ccccn2)ccc1N.